The van der Waals surface area contributed by atoms with Gasteiger partial charge in [-0.2, -0.15) is 0 Å². The average molecular weight is 340 g/mol. The number of fused-ring (bicyclic) bond motifs is 1. The van der Waals surface area contributed by atoms with Gasteiger partial charge in [-0.25, -0.2) is 14.8 Å². The predicted octanol–water partition coefficient (Wildman–Crippen LogP) is 3.22. The normalized spacial score (nSPS) is 14.5. The number of likely N-dealkylation sites (tertiary alicyclic amines) is 1. The van der Waals surface area contributed by atoms with E-state index in [1.54, 1.807) is 16.2 Å². The number of benzene rings is 1. The maximum atomic E-state index is 11.5. The van der Waals surface area contributed by atoms with Crippen LogP contribution in [0.3, 0.4) is 0 Å². The fourth-order valence-corrected chi connectivity index (χ4v) is 3.40. The predicted molar refractivity (Wildman–Crippen MR) is 94.2 cm³/mol. The number of carbonyl (C=O) groups excluding carboxylic acids is 1. The number of rotatable bonds is 3. The first-order valence-electron chi connectivity index (χ1n) is 7.64. The number of amides is 1. The molecule has 3 aromatic rings. The molecule has 6 nitrogen and oxygen atoms in total. The van der Waals surface area contributed by atoms with Crippen LogP contribution in [0, 0.1) is 0 Å². The van der Waals surface area contributed by atoms with E-state index in [1.807, 2.05) is 41.8 Å². The van der Waals surface area contributed by atoms with Crippen LogP contribution >= 0.6 is 11.3 Å². The molecule has 1 aromatic carbocycles. The zero-order valence-corrected chi connectivity index (χ0v) is 13.9. The minimum atomic E-state index is -0.292. The highest BCUT2D eigenvalue weighted by Crippen LogP contribution is 2.28. The van der Waals surface area contributed by atoms with E-state index in [9.17, 15) is 4.79 Å². The summed E-state index contributed by atoms with van der Waals surface area (Å²) in [4.78, 5) is 23.5. The second-order valence-electron chi connectivity index (χ2n) is 5.61. The summed E-state index contributed by atoms with van der Waals surface area (Å²) in [6.45, 7) is 1.22. The number of carbonyl (C=O) groups is 1. The van der Waals surface area contributed by atoms with Crippen molar-refractivity contribution in [3.8, 4) is 10.7 Å². The number of anilines is 1. The fraction of sp³-hybridized carbons (Fsp3) is 0.235. The lowest BCUT2D eigenvalue weighted by Gasteiger charge is -2.38. The molecule has 1 aliphatic rings. The Labute approximate surface area is 143 Å². The highest BCUT2D eigenvalue weighted by atomic mass is 32.1. The molecule has 0 radical (unpaired) electrons. The Bertz CT molecular complexity index is 875. The Balaban J connectivity index is 1.63. The van der Waals surface area contributed by atoms with Gasteiger partial charge in [-0.3, -0.25) is 0 Å². The average Bonchev–Trinajstić information content (AvgIpc) is 3.11. The smallest absolute Gasteiger partial charge is 0.409 e. The van der Waals surface area contributed by atoms with Crippen LogP contribution in [-0.4, -0.2) is 47.2 Å². The van der Waals surface area contributed by atoms with Gasteiger partial charge in [-0.05, 0) is 23.6 Å². The topological polar surface area (TPSA) is 67.3 Å². The van der Waals surface area contributed by atoms with Gasteiger partial charge in [0, 0.05) is 18.5 Å². The Morgan fingerprint density at radius 3 is 2.83 bits per heavy atom. The van der Waals surface area contributed by atoms with E-state index in [0.717, 1.165) is 27.4 Å². The molecule has 24 heavy (non-hydrogen) atoms. The van der Waals surface area contributed by atoms with Crippen LogP contribution in [0.2, 0.25) is 0 Å². The molecular formula is C17H16N4O2S. The third-order valence-electron chi connectivity index (χ3n) is 4.00. The van der Waals surface area contributed by atoms with Gasteiger partial charge in [-0.1, -0.05) is 18.2 Å². The first kappa shape index (κ1) is 14.9. The number of methoxy groups -OCH3 is 1. The van der Waals surface area contributed by atoms with E-state index in [4.69, 9.17) is 9.72 Å². The zero-order chi connectivity index (χ0) is 16.5. The molecule has 1 amide bonds. The molecule has 1 fully saturated rings. The number of thiophene rings is 1. The van der Waals surface area contributed by atoms with Crippen molar-refractivity contribution in [1.82, 2.24) is 14.9 Å². The van der Waals surface area contributed by atoms with Crippen molar-refractivity contribution < 1.29 is 9.53 Å². The zero-order valence-electron chi connectivity index (χ0n) is 13.1. The van der Waals surface area contributed by atoms with Gasteiger partial charge in [0.2, 0.25) is 0 Å². The van der Waals surface area contributed by atoms with E-state index in [2.05, 4.69) is 10.3 Å². The molecule has 0 saturated carbocycles. The SMILES string of the molecule is COC(=O)N1CC(Nc2nc(-c3cccs3)nc3ccccc23)C1. The minimum absolute atomic E-state index is 0.165. The quantitative estimate of drug-likeness (QED) is 0.793. The van der Waals surface area contributed by atoms with E-state index >= 15 is 0 Å². The van der Waals surface area contributed by atoms with Gasteiger partial charge >= 0.3 is 6.09 Å². The van der Waals surface area contributed by atoms with E-state index in [0.29, 0.717) is 13.1 Å². The molecule has 7 heteroatoms. The number of ether oxygens (including phenoxy) is 1. The first-order chi connectivity index (χ1) is 11.7. The number of nitrogens with one attached hydrogen (secondary N) is 1. The second-order valence-corrected chi connectivity index (χ2v) is 6.55. The van der Waals surface area contributed by atoms with Crippen LogP contribution in [0.4, 0.5) is 10.6 Å². The maximum Gasteiger partial charge on any atom is 0.409 e. The molecule has 0 aliphatic carbocycles. The summed E-state index contributed by atoms with van der Waals surface area (Å²) in [6.07, 6.45) is -0.292. The molecule has 0 bridgehead atoms. The van der Waals surface area contributed by atoms with Gasteiger partial charge in [0.15, 0.2) is 5.82 Å². The van der Waals surface area contributed by atoms with Crippen LogP contribution in [0.15, 0.2) is 41.8 Å². The van der Waals surface area contributed by atoms with E-state index in [1.165, 1.54) is 7.11 Å². The van der Waals surface area contributed by atoms with Crippen molar-refractivity contribution >= 4 is 34.2 Å². The van der Waals surface area contributed by atoms with Crippen molar-refractivity contribution in [3.63, 3.8) is 0 Å². The van der Waals surface area contributed by atoms with Crippen molar-refractivity contribution in [2.75, 3.05) is 25.5 Å². The molecule has 0 spiro atoms. The third kappa shape index (κ3) is 2.67. The molecule has 1 saturated heterocycles. The first-order valence-corrected chi connectivity index (χ1v) is 8.52. The van der Waals surface area contributed by atoms with Crippen LogP contribution < -0.4 is 5.32 Å². The largest absolute Gasteiger partial charge is 0.453 e. The molecule has 1 N–H and O–H groups in total. The van der Waals surface area contributed by atoms with Gasteiger partial charge in [-0.15, -0.1) is 11.3 Å². The lowest BCUT2D eigenvalue weighted by atomic mass is 10.1. The molecule has 0 unspecified atom stereocenters. The monoisotopic (exact) mass is 340 g/mol. The maximum absolute atomic E-state index is 11.5. The van der Waals surface area contributed by atoms with E-state index in [-0.39, 0.29) is 12.1 Å². The Morgan fingerprint density at radius 2 is 2.08 bits per heavy atom. The summed E-state index contributed by atoms with van der Waals surface area (Å²) in [7, 11) is 1.40. The van der Waals surface area contributed by atoms with Crippen molar-refractivity contribution in [3.05, 3.63) is 41.8 Å². The number of nitrogens with zero attached hydrogens (tertiary/aromatic N) is 3. The molecule has 122 valence electrons. The standard InChI is InChI=1S/C17H16N4O2S/c1-23-17(22)21-9-11(10-21)18-15-12-5-2-3-6-13(12)19-16(20-15)14-7-4-8-24-14/h2-8,11H,9-10H2,1H3,(H,18,19,20). The van der Waals surface area contributed by atoms with Crippen molar-refractivity contribution in [1.29, 1.82) is 0 Å². The van der Waals surface area contributed by atoms with E-state index < -0.39 is 0 Å². The van der Waals surface area contributed by atoms with Gasteiger partial charge < -0.3 is 15.0 Å². The van der Waals surface area contributed by atoms with Crippen LogP contribution in [0.25, 0.3) is 21.6 Å². The number of hydrogen-bond donors (Lipinski definition) is 1. The van der Waals surface area contributed by atoms with Gasteiger partial charge in [0.05, 0.1) is 23.5 Å². The summed E-state index contributed by atoms with van der Waals surface area (Å²) in [5.74, 6) is 1.52. The summed E-state index contributed by atoms with van der Waals surface area (Å²) in [5, 5.41) is 6.43. The van der Waals surface area contributed by atoms with Gasteiger partial charge in [0.25, 0.3) is 0 Å². The Kier molecular flexibility index (Phi) is 3.78. The third-order valence-corrected chi connectivity index (χ3v) is 4.87. The molecule has 1 aliphatic heterocycles. The lowest BCUT2D eigenvalue weighted by Crippen LogP contribution is -2.57. The number of para-hydroxylation sites is 1. The highest BCUT2D eigenvalue weighted by molar-refractivity contribution is 7.13. The van der Waals surface area contributed by atoms with Crippen molar-refractivity contribution in [2.24, 2.45) is 0 Å². The molecule has 0 atom stereocenters. The summed E-state index contributed by atoms with van der Waals surface area (Å²) in [6, 6.07) is 12.1. The molecule has 4 rings (SSSR count). The molecule has 2 aromatic heterocycles. The van der Waals surface area contributed by atoms with Crippen LogP contribution in [0.1, 0.15) is 0 Å². The lowest BCUT2D eigenvalue weighted by molar-refractivity contribution is 0.0930. The highest BCUT2D eigenvalue weighted by Gasteiger charge is 2.31. The van der Waals surface area contributed by atoms with Crippen molar-refractivity contribution in [2.45, 2.75) is 6.04 Å². The Hall–Kier alpha value is -2.67. The summed E-state index contributed by atoms with van der Waals surface area (Å²) >= 11 is 1.62. The fourth-order valence-electron chi connectivity index (χ4n) is 2.74. The molecular weight excluding hydrogens is 324 g/mol. The molecule has 3 heterocycles. The van der Waals surface area contributed by atoms with Crippen LogP contribution in [0.5, 0.6) is 0 Å². The van der Waals surface area contributed by atoms with Crippen LogP contribution in [-0.2, 0) is 4.74 Å². The Morgan fingerprint density at radius 1 is 1.25 bits per heavy atom. The minimum Gasteiger partial charge on any atom is -0.453 e. The number of hydrogen-bond acceptors (Lipinski definition) is 6. The summed E-state index contributed by atoms with van der Waals surface area (Å²) < 4.78 is 4.73. The van der Waals surface area contributed by atoms with Gasteiger partial charge in [0.1, 0.15) is 5.82 Å². The second kappa shape index (κ2) is 6.09. The summed E-state index contributed by atoms with van der Waals surface area (Å²) in [5.41, 5.74) is 0.905. The number of aromatic nitrogens is 2.